The Morgan fingerprint density at radius 2 is 2.10 bits per heavy atom. The van der Waals surface area contributed by atoms with Gasteiger partial charge in [0.25, 0.3) is 0 Å². The largest absolute Gasteiger partial charge is 0.670 e. The Morgan fingerprint density at radius 3 is 2.76 bits per heavy atom. The van der Waals surface area contributed by atoms with Gasteiger partial charge in [0.15, 0.2) is 6.29 Å². The topological polar surface area (TPSA) is 158 Å². The van der Waals surface area contributed by atoms with E-state index in [1.165, 1.54) is 0 Å². The first kappa shape index (κ1) is 20.4. The SMILES string of the molecule is NC(C(=O)N1CC(Oc2ccc3c(c2C(O)O)O[B-](O)(O)CC3)C1)C1CCNC1. The molecule has 3 aliphatic heterocycles. The van der Waals surface area contributed by atoms with Gasteiger partial charge in [-0.3, -0.25) is 4.79 Å². The summed E-state index contributed by atoms with van der Waals surface area (Å²) in [7, 11) is 0. The van der Waals surface area contributed by atoms with Crippen molar-refractivity contribution in [3.05, 3.63) is 23.3 Å². The zero-order valence-corrected chi connectivity index (χ0v) is 16.0. The average Bonchev–Trinajstić information content (AvgIpc) is 3.16. The Balaban J connectivity index is 1.42. The van der Waals surface area contributed by atoms with Gasteiger partial charge in [-0.1, -0.05) is 12.4 Å². The van der Waals surface area contributed by atoms with Crippen LogP contribution in [0.5, 0.6) is 11.5 Å². The second-order valence-electron chi connectivity index (χ2n) is 8.12. The molecule has 4 rings (SSSR count). The third kappa shape index (κ3) is 4.07. The molecule has 1 aromatic rings. The van der Waals surface area contributed by atoms with Crippen LogP contribution in [0.1, 0.15) is 23.8 Å². The number of hydrogen-bond acceptors (Lipinski definition) is 9. The number of benzene rings is 1. The number of nitrogens with two attached hydrogens (primary N) is 1. The van der Waals surface area contributed by atoms with Crippen LogP contribution in [0.15, 0.2) is 12.1 Å². The maximum absolute atomic E-state index is 12.5. The van der Waals surface area contributed by atoms with Gasteiger partial charge < -0.3 is 45.6 Å². The van der Waals surface area contributed by atoms with E-state index in [0.29, 0.717) is 25.1 Å². The number of aryl methyl sites for hydroxylation is 1. The van der Waals surface area contributed by atoms with E-state index in [1.807, 2.05) is 0 Å². The smallest absolute Gasteiger partial charge is 0.430 e. The highest BCUT2D eigenvalue weighted by atomic mass is 16.6. The van der Waals surface area contributed by atoms with E-state index < -0.39 is 19.1 Å². The molecule has 0 aromatic heterocycles. The average molecular weight is 408 g/mol. The van der Waals surface area contributed by atoms with Crippen LogP contribution in [0.25, 0.3) is 0 Å². The summed E-state index contributed by atoms with van der Waals surface area (Å²) < 4.78 is 11.1. The number of ether oxygens (including phenoxy) is 1. The van der Waals surface area contributed by atoms with Crippen LogP contribution in [0.2, 0.25) is 6.32 Å². The standard InChI is InChI=1S/C18H27BN3O7/c20-15(11-4-6-21-7-11)17(23)22-8-12(9-22)28-13-2-1-10-3-5-19(26,27)29-16(10)14(13)18(24)25/h1-2,11-12,15,18,21,24-27H,3-9,20H2/q-1. The molecule has 1 amide bonds. The number of likely N-dealkylation sites (tertiary alicyclic amines) is 1. The lowest BCUT2D eigenvalue weighted by Crippen LogP contribution is -2.61. The van der Waals surface area contributed by atoms with Gasteiger partial charge in [-0.15, -0.1) is 0 Å². The first-order valence-corrected chi connectivity index (χ1v) is 9.98. The van der Waals surface area contributed by atoms with Crippen LogP contribution in [0, 0.1) is 5.92 Å². The highest BCUT2D eigenvalue weighted by Crippen LogP contribution is 2.41. The van der Waals surface area contributed by atoms with Crippen molar-refractivity contribution < 1.29 is 34.4 Å². The fourth-order valence-corrected chi connectivity index (χ4v) is 4.17. The highest BCUT2D eigenvalue weighted by Gasteiger charge is 2.39. The molecule has 160 valence electrons. The Morgan fingerprint density at radius 1 is 1.34 bits per heavy atom. The molecule has 0 spiro atoms. The highest BCUT2D eigenvalue weighted by molar-refractivity contribution is 6.58. The van der Waals surface area contributed by atoms with E-state index in [9.17, 15) is 25.1 Å². The van der Waals surface area contributed by atoms with Gasteiger partial charge in [-0.05, 0) is 43.5 Å². The van der Waals surface area contributed by atoms with Gasteiger partial charge in [0.05, 0.1) is 30.4 Å². The number of carbonyl (C=O) groups is 1. The summed E-state index contributed by atoms with van der Waals surface area (Å²) in [5, 5.41) is 42.5. The maximum atomic E-state index is 12.5. The van der Waals surface area contributed by atoms with Crippen molar-refractivity contribution in [1.29, 1.82) is 0 Å². The number of amides is 1. The normalized spacial score (nSPS) is 24.6. The summed E-state index contributed by atoms with van der Waals surface area (Å²) in [6, 6.07) is 2.76. The predicted molar refractivity (Wildman–Crippen MR) is 103 cm³/mol. The summed E-state index contributed by atoms with van der Waals surface area (Å²) in [5.74, 6) is 0.226. The Bertz CT molecular complexity index is 779. The van der Waals surface area contributed by atoms with Crippen LogP contribution >= 0.6 is 0 Å². The third-order valence-electron chi connectivity index (χ3n) is 5.94. The first-order valence-electron chi connectivity index (χ1n) is 9.98. The summed E-state index contributed by atoms with van der Waals surface area (Å²) in [4.78, 5) is 14.1. The van der Waals surface area contributed by atoms with Gasteiger partial charge >= 0.3 is 6.75 Å². The van der Waals surface area contributed by atoms with Crippen molar-refractivity contribution in [2.24, 2.45) is 11.7 Å². The van der Waals surface area contributed by atoms with E-state index in [-0.39, 0.29) is 41.3 Å². The number of rotatable bonds is 5. The van der Waals surface area contributed by atoms with Gasteiger partial charge in [-0.25, -0.2) is 0 Å². The number of aliphatic hydroxyl groups is 2. The van der Waals surface area contributed by atoms with Crippen LogP contribution < -0.4 is 20.4 Å². The molecule has 7 N–H and O–H groups in total. The summed E-state index contributed by atoms with van der Waals surface area (Å²) in [6.07, 6.45) is -0.991. The minimum absolute atomic E-state index is 0.0248. The number of aliphatic hydroxyl groups excluding tert-OH is 1. The zero-order valence-electron chi connectivity index (χ0n) is 16.0. The molecule has 2 atom stereocenters. The van der Waals surface area contributed by atoms with Crippen molar-refractivity contribution in [3.63, 3.8) is 0 Å². The van der Waals surface area contributed by atoms with E-state index in [0.717, 1.165) is 19.5 Å². The number of carbonyl (C=O) groups excluding carboxylic acids is 1. The van der Waals surface area contributed by atoms with Crippen molar-refractivity contribution in [1.82, 2.24) is 10.2 Å². The molecule has 0 radical (unpaired) electrons. The summed E-state index contributed by atoms with van der Waals surface area (Å²) in [6.45, 7) is -0.746. The Hall–Kier alpha value is -1.89. The van der Waals surface area contributed by atoms with Crippen molar-refractivity contribution in [3.8, 4) is 11.5 Å². The molecule has 0 bridgehead atoms. The van der Waals surface area contributed by atoms with Crippen LogP contribution in [-0.4, -0.2) is 76.1 Å². The monoisotopic (exact) mass is 408 g/mol. The number of nitrogens with zero attached hydrogens (tertiary/aromatic N) is 1. The third-order valence-corrected chi connectivity index (χ3v) is 5.94. The van der Waals surface area contributed by atoms with E-state index in [2.05, 4.69) is 5.32 Å². The van der Waals surface area contributed by atoms with Crippen molar-refractivity contribution >= 4 is 12.7 Å². The quantitative estimate of drug-likeness (QED) is 0.241. The molecular weight excluding hydrogens is 381 g/mol. The first-order chi connectivity index (χ1) is 13.7. The molecule has 2 saturated heterocycles. The lowest BCUT2D eigenvalue weighted by molar-refractivity contribution is -0.142. The molecule has 10 nitrogen and oxygen atoms in total. The molecule has 2 unspecified atom stereocenters. The van der Waals surface area contributed by atoms with Crippen LogP contribution in [0.4, 0.5) is 0 Å². The minimum Gasteiger partial charge on any atom is -0.670 e. The molecule has 3 heterocycles. The molecule has 2 fully saturated rings. The molecule has 11 heteroatoms. The lowest BCUT2D eigenvalue weighted by atomic mass is 9.70. The van der Waals surface area contributed by atoms with Gasteiger partial charge in [-0.2, -0.15) is 0 Å². The molecule has 0 aliphatic carbocycles. The Kier molecular flexibility index (Phi) is 5.45. The number of nitrogens with one attached hydrogen (secondary N) is 1. The number of fused-ring (bicyclic) bond motifs is 1. The number of hydrogen-bond donors (Lipinski definition) is 6. The van der Waals surface area contributed by atoms with E-state index >= 15 is 0 Å². The van der Waals surface area contributed by atoms with E-state index in [1.54, 1.807) is 17.0 Å². The van der Waals surface area contributed by atoms with Gasteiger partial charge in [0.1, 0.15) is 11.9 Å². The Labute approximate surface area is 168 Å². The summed E-state index contributed by atoms with van der Waals surface area (Å²) >= 11 is 0. The van der Waals surface area contributed by atoms with Gasteiger partial charge in [0.2, 0.25) is 5.91 Å². The fraction of sp³-hybridized carbons (Fsp3) is 0.611. The molecular formula is C18H27BN3O7-. The second-order valence-corrected chi connectivity index (χ2v) is 8.12. The maximum Gasteiger partial charge on any atom is 0.430 e. The predicted octanol–water partition coefficient (Wildman–Crippen LogP) is -1.95. The van der Waals surface area contributed by atoms with Crippen LogP contribution in [0.3, 0.4) is 0 Å². The molecule has 1 aromatic carbocycles. The second kappa shape index (κ2) is 7.75. The summed E-state index contributed by atoms with van der Waals surface area (Å²) in [5.41, 5.74) is 6.69. The fourth-order valence-electron chi connectivity index (χ4n) is 4.17. The van der Waals surface area contributed by atoms with E-state index in [4.69, 9.17) is 15.1 Å². The molecule has 0 saturated carbocycles. The molecule has 29 heavy (non-hydrogen) atoms. The van der Waals surface area contributed by atoms with Crippen molar-refractivity contribution in [2.75, 3.05) is 26.2 Å². The lowest BCUT2D eigenvalue weighted by Gasteiger charge is -2.42. The van der Waals surface area contributed by atoms with Gasteiger partial charge in [0, 0.05) is 0 Å². The zero-order chi connectivity index (χ0) is 20.8. The molecule has 3 aliphatic rings. The van der Waals surface area contributed by atoms with Crippen LogP contribution in [-0.2, 0) is 11.2 Å². The minimum atomic E-state index is -3.05. The van der Waals surface area contributed by atoms with Crippen molar-refractivity contribution in [2.45, 2.75) is 37.6 Å².